The highest BCUT2D eigenvalue weighted by atomic mass is 35.5. The molecule has 4 N–H and O–H groups in total. The van der Waals surface area contributed by atoms with Crippen LogP contribution in [0.25, 0.3) is 45.0 Å². The number of carboxylic acid groups (broad SMARTS) is 4. The number of fused-ring (bicyclic) bond motifs is 24. The van der Waals surface area contributed by atoms with Gasteiger partial charge >= 0.3 is 23.9 Å². The predicted molar refractivity (Wildman–Crippen MR) is 460 cm³/mol. The molecule has 4 aliphatic carbocycles. The number of methoxy groups -OCH3 is 4. The van der Waals surface area contributed by atoms with Crippen molar-refractivity contribution in [2.24, 2.45) is 0 Å². The van der Waals surface area contributed by atoms with Crippen LogP contribution >= 0.6 is 46.4 Å². The standard InChI is InChI=1S/4C23H26ClNO5/c4*1-29-8-5-9-30-22-11-15-14-6-3-2-4-7-19(14)25-13-17(23(27)28)21(26)12-20(25)16(15)10-18(22)24/h4*10-14,19H,2-9H2,1H3,(H,27,28)/t2*14-,19+;2*14-,19-/m1010/s1. The van der Waals surface area contributed by atoms with Crippen LogP contribution < -0.4 is 40.7 Å². The number of carbonyl (C=O) groups is 4. The second-order valence-electron chi connectivity index (χ2n) is 32.1. The van der Waals surface area contributed by atoms with Gasteiger partial charge in [0.15, 0.2) is 21.7 Å². The van der Waals surface area contributed by atoms with E-state index in [2.05, 4.69) is 0 Å². The van der Waals surface area contributed by atoms with Crippen LogP contribution in [0, 0.1) is 0 Å². The molecule has 0 bridgehead atoms. The zero-order valence-corrected chi connectivity index (χ0v) is 71.1. The second-order valence-corrected chi connectivity index (χ2v) is 33.7. The molecule has 4 fully saturated rings. The van der Waals surface area contributed by atoms with Gasteiger partial charge < -0.3 is 76.6 Å². The van der Waals surface area contributed by atoms with Gasteiger partial charge in [-0.2, -0.15) is 0 Å². The Morgan fingerprint density at radius 3 is 0.692 bits per heavy atom. The third kappa shape index (κ3) is 19.5. The Balaban J connectivity index is 0.000000138. The summed E-state index contributed by atoms with van der Waals surface area (Å²) in [5, 5.41) is 39.8. The Labute approximate surface area is 716 Å². The van der Waals surface area contributed by atoms with Crippen molar-refractivity contribution in [2.45, 2.75) is 202 Å². The van der Waals surface area contributed by atoms with Crippen molar-refractivity contribution in [3.8, 4) is 68.0 Å². The van der Waals surface area contributed by atoms with Crippen molar-refractivity contribution in [3.05, 3.63) is 203 Å². The molecule has 0 spiro atoms. The van der Waals surface area contributed by atoms with Crippen molar-refractivity contribution in [1.82, 2.24) is 18.3 Å². The van der Waals surface area contributed by atoms with Gasteiger partial charge in [-0.25, -0.2) is 19.2 Å². The molecule has 16 rings (SSSR count). The summed E-state index contributed by atoms with van der Waals surface area (Å²) in [6.45, 7) is 4.53. The highest BCUT2D eigenvalue weighted by molar-refractivity contribution is 6.33. The first-order valence-corrected chi connectivity index (χ1v) is 43.4. The first-order valence-electron chi connectivity index (χ1n) is 41.8. The molecular weight excluding hydrogens is 1620 g/mol. The number of carboxylic acids is 4. The van der Waals surface area contributed by atoms with Gasteiger partial charge in [-0.05, 0) is 122 Å². The molecule has 4 saturated carbocycles. The van der Waals surface area contributed by atoms with E-state index in [9.17, 15) is 58.8 Å². The number of aromatic nitrogens is 4. The fourth-order valence-corrected chi connectivity index (χ4v) is 20.0. The van der Waals surface area contributed by atoms with Crippen LogP contribution in [0.3, 0.4) is 0 Å². The van der Waals surface area contributed by atoms with Gasteiger partial charge in [-0.1, -0.05) is 123 Å². The zero-order chi connectivity index (χ0) is 85.0. The maximum absolute atomic E-state index is 12.5. The number of hydrogen-bond acceptors (Lipinski definition) is 16. The van der Waals surface area contributed by atoms with Gasteiger partial charge in [0.25, 0.3) is 0 Å². The molecule has 8 atom stereocenters. The van der Waals surface area contributed by atoms with Crippen molar-refractivity contribution in [3.63, 3.8) is 0 Å². The number of nitrogens with zero attached hydrogens (tertiary/aromatic N) is 4. The minimum Gasteiger partial charge on any atom is -0.492 e. The molecule has 28 heteroatoms. The summed E-state index contributed by atoms with van der Waals surface area (Å²) < 4.78 is 52.0. The van der Waals surface area contributed by atoms with Crippen molar-refractivity contribution < 1.29 is 77.5 Å². The molecule has 0 radical (unpaired) electrons. The molecule has 0 saturated heterocycles. The third-order valence-electron chi connectivity index (χ3n) is 24.7. The second kappa shape index (κ2) is 40.6. The molecule has 24 nitrogen and oxygen atoms in total. The lowest BCUT2D eigenvalue weighted by atomic mass is 9.80. The van der Waals surface area contributed by atoms with Gasteiger partial charge in [0, 0.05) is 200 Å². The molecule has 4 aliphatic heterocycles. The lowest BCUT2D eigenvalue weighted by Crippen LogP contribution is -2.28. The SMILES string of the molecule is COCCCOc1cc2c(cc1Cl)-c1cc(=O)c(C(=O)O)cn1[C@@H]1CCCCC[C@@H]21.COCCCOc1cc2c(cc1Cl)-c1cc(=O)c(C(=O)O)cn1[C@@H]1CCCCC[C@H]21.COCCCOc1cc2c(cc1Cl)-c1cc(=O)c(C(=O)O)cn1[C@H]1CCCCC[C@@H]21.COCCCOc1cc2c(cc1Cl)-c1cc(=O)c(C(=O)O)cn1[C@H]1CCCCC[C@H]21. The van der Waals surface area contributed by atoms with Crippen LogP contribution in [0.15, 0.2) is 117 Å². The summed E-state index contributed by atoms with van der Waals surface area (Å²) in [7, 11) is 6.64. The van der Waals surface area contributed by atoms with Crippen LogP contribution in [0.4, 0.5) is 0 Å². The van der Waals surface area contributed by atoms with Crippen LogP contribution in [-0.4, -0.2) is 144 Å². The van der Waals surface area contributed by atoms with E-state index < -0.39 is 45.6 Å². The minimum atomic E-state index is -1.19. The number of hydrogen-bond donors (Lipinski definition) is 4. The Kier molecular flexibility index (Phi) is 30.0. The normalized spacial score (nSPS) is 19.9. The van der Waals surface area contributed by atoms with E-state index in [1.54, 1.807) is 28.4 Å². The van der Waals surface area contributed by atoms with Gasteiger partial charge in [0.2, 0.25) is 0 Å². The highest BCUT2D eigenvalue weighted by Gasteiger charge is 2.41. The Hall–Kier alpha value is -9.24. The molecule has 4 aromatic carbocycles. The molecule has 0 amide bonds. The van der Waals surface area contributed by atoms with E-state index in [4.69, 9.17) is 84.3 Å². The Morgan fingerprint density at radius 1 is 0.300 bits per heavy atom. The van der Waals surface area contributed by atoms with Crippen LogP contribution in [0.1, 0.15) is 266 Å². The van der Waals surface area contributed by atoms with E-state index in [-0.39, 0.29) is 70.1 Å². The van der Waals surface area contributed by atoms with Crippen molar-refractivity contribution >= 4 is 70.3 Å². The number of pyridine rings is 4. The number of benzene rings is 4. The van der Waals surface area contributed by atoms with Gasteiger partial charge in [-0.15, -0.1) is 0 Å². The van der Waals surface area contributed by atoms with Crippen molar-refractivity contribution in [1.29, 1.82) is 0 Å². The average Bonchev–Trinajstić information content (AvgIpc) is 1.13. The van der Waals surface area contributed by atoms with Gasteiger partial charge in [0.1, 0.15) is 45.3 Å². The molecule has 4 aromatic heterocycles. The Morgan fingerprint density at radius 2 is 0.500 bits per heavy atom. The smallest absolute Gasteiger partial charge is 0.341 e. The van der Waals surface area contributed by atoms with E-state index in [1.807, 2.05) is 66.8 Å². The first kappa shape index (κ1) is 88.5. The Bertz CT molecular complexity index is 4710. The first-order chi connectivity index (χ1) is 58.0. The van der Waals surface area contributed by atoms with Crippen molar-refractivity contribution in [2.75, 3.05) is 81.3 Å². The maximum Gasteiger partial charge on any atom is 0.341 e. The average molecular weight is 1730 g/mol. The molecule has 8 heterocycles. The highest BCUT2D eigenvalue weighted by Crippen LogP contribution is 2.56. The minimum absolute atomic E-state index is 0.121. The van der Waals surface area contributed by atoms with E-state index in [0.29, 0.717) is 95.9 Å². The fraction of sp³-hybridized carbons (Fsp3) is 0.478. The number of aromatic carboxylic acids is 4. The van der Waals surface area contributed by atoms with Crippen LogP contribution in [-0.2, 0) is 18.9 Å². The largest absolute Gasteiger partial charge is 0.492 e. The summed E-state index contributed by atoms with van der Waals surface area (Å²) in [6.07, 6.45) is 30.4. The lowest BCUT2D eigenvalue weighted by molar-refractivity contribution is 0.0683. The molecule has 8 aromatic rings. The molecular formula is C92H104Cl4N4O20. The monoisotopic (exact) mass is 1720 g/mol. The summed E-state index contributed by atoms with van der Waals surface area (Å²) in [5.41, 5.74) is 8.35. The van der Waals surface area contributed by atoms with Crippen LogP contribution in [0.5, 0.6) is 23.0 Å². The summed E-state index contributed by atoms with van der Waals surface area (Å²) in [5.74, 6) is -1.24. The summed E-state index contributed by atoms with van der Waals surface area (Å²) in [4.78, 5) is 96.1. The third-order valence-corrected chi connectivity index (χ3v) is 25.9. The van der Waals surface area contributed by atoms with E-state index >= 15 is 0 Å². The summed E-state index contributed by atoms with van der Waals surface area (Å²) >= 11 is 26.1. The van der Waals surface area contributed by atoms with E-state index in [0.717, 1.165) is 221 Å². The predicted octanol–water partition coefficient (Wildman–Crippen LogP) is 19.5. The lowest BCUT2D eigenvalue weighted by Gasteiger charge is -2.37. The van der Waals surface area contributed by atoms with Gasteiger partial charge in [0.05, 0.1) is 69.3 Å². The maximum atomic E-state index is 12.5. The number of rotatable bonds is 24. The fourth-order valence-electron chi connectivity index (χ4n) is 19.1. The molecule has 640 valence electrons. The molecule has 120 heavy (non-hydrogen) atoms. The summed E-state index contributed by atoms with van der Waals surface area (Å²) in [6, 6.07) is 21.8. The molecule has 8 aliphatic rings. The zero-order valence-electron chi connectivity index (χ0n) is 68.1. The topological polar surface area (TPSA) is 311 Å². The number of ether oxygens (including phenoxy) is 8. The van der Waals surface area contributed by atoms with E-state index in [1.165, 1.54) is 49.1 Å². The van der Waals surface area contributed by atoms with Crippen LogP contribution in [0.2, 0.25) is 20.1 Å². The number of halogens is 4. The molecule has 0 unspecified atom stereocenters. The van der Waals surface area contributed by atoms with Gasteiger partial charge in [-0.3, -0.25) is 19.2 Å². The quantitative estimate of drug-likeness (QED) is 0.0408.